The highest BCUT2D eigenvalue weighted by Crippen LogP contribution is 2.21. The summed E-state index contributed by atoms with van der Waals surface area (Å²) in [6.07, 6.45) is 3.39. The van der Waals surface area contributed by atoms with Crippen LogP contribution in [0.3, 0.4) is 0 Å². The number of carbonyl (C=O) groups is 1. The summed E-state index contributed by atoms with van der Waals surface area (Å²) in [5, 5.41) is 4.01. The van der Waals surface area contributed by atoms with Gasteiger partial charge in [-0.1, -0.05) is 43.3 Å². The second kappa shape index (κ2) is 8.45. The predicted molar refractivity (Wildman–Crippen MR) is 105 cm³/mol. The van der Waals surface area contributed by atoms with E-state index in [1.165, 1.54) is 16.4 Å². The van der Waals surface area contributed by atoms with Crippen molar-refractivity contribution in [3.8, 4) is 0 Å². The Labute approximate surface area is 159 Å². The largest absolute Gasteiger partial charge is 0.271 e. The molecule has 7 heteroatoms. The van der Waals surface area contributed by atoms with Gasteiger partial charge in [0, 0.05) is 30.8 Å². The third kappa shape index (κ3) is 4.61. The van der Waals surface area contributed by atoms with Gasteiger partial charge in [0.05, 0.1) is 4.90 Å². The molecule has 1 heterocycles. The second-order valence-corrected chi connectivity index (χ2v) is 8.50. The monoisotopic (exact) mass is 385 g/mol. The Bertz CT molecular complexity index is 920. The average molecular weight is 385 g/mol. The molecule has 3 rings (SSSR count). The van der Waals surface area contributed by atoms with E-state index in [0.717, 1.165) is 18.4 Å². The van der Waals surface area contributed by atoms with Gasteiger partial charge in [0.15, 0.2) is 0 Å². The maximum atomic E-state index is 12.6. The number of nitrogens with zero attached hydrogens (tertiary/aromatic N) is 2. The van der Waals surface area contributed by atoms with Crippen LogP contribution < -0.4 is 5.43 Å². The lowest BCUT2D eigenvalue weighted by molar-refractivity contribution is 0.0955. The zero-order valence-corrected chi connectivity index (χ0v) is 16.0. The maximum Gasteiger partial charge on any atom is 0.271 e. The highest BCUT2D eigenvalue weighted by Gasteiger charge is 2.27. The fourth-order valence-electron chi connectivity index (χ4n) is 2.99. The van der Waals surface area contributed by atoms with E-state index in [-0.39, 0.29) is 16.4 Å². The van der Waals surface area contributed by atoms with E-state index in [1.54, 1.807) is 18.3 Å². The normalized spacial score (nSPS) is 16.5. The zero-order valence-electron chi connectivity index (χ0n) is 15.2. The predicted octanol–water partition coefficient (Wildman–Crippen LogP) is 2.99. The van der Waals surface area contributed by atoms with E-state index in [9.17, 15) is 13.2 Å². The number of nitrogens with one attached hydrogen (secondary N) is 1. The first-order chi connectivity index (χ1) is 13.0. The first-order valence-corrected chi connectivity index (χ1v) is 10.4. The SMILES string of the molecule is C[C@@H](/C=N\NC(=O)c1cccc(S(=O)(=O)N2CCCC2)c1)c1ccccc1. The number of rotatable bonds is 6. The van der Waals surface area contributed by atoms with Gasteiger partial charge in [0.25, 0.3) is 5.91 Å². The van der Waals surface area contributed by atoms with Crippen LogP contribution in [0.4, 0.5) is 0 Å². The molecule has 0 aliphatic carbocycles. The van der Waals surface area contributed by atoms with E-state index in [0.29, 0.717) is 13.1 Å². The van der Waals surface area contributed by atoms with Gasteiger partial charge in [-0.05, 0) is 36.6 Å². The minimum absolute atomic E-state index is 0.0494. The van der Waals surface area contributed by atoms with E-state index < -0.39 is 15.9 Å². The molecule has 27 heavy (non-hydrogen) atoms. The van der Waals surface area contributed by atoms with E-state index in [2.05, 4.69) is 10.5 Å². The minimum atomic E-state index is -3.55. The first kappa shape index (κ1) is 19.3. The van der Waals surface area contributed by atoms with Gasteiger partial charge in [-0.25, -0.2) is 13.8 Å². The van der Waals surface area contributed by atoms with Crippen molar-refractivity contribution in [2.24, 2.45) is 5.10 Å². The molecular formula is C20H23N3O3S. The lowest BCUT2D eigenvalue weighted by Crippen LogP contribution is -2.28. The molecule has 2 aromatic rings. The quantitative estimate of drug-likeness (QED) is 0.613. The van der Waals surface area contributed by atoms with E-state index >= 15 is 0 Å². The van der Waals surface area contributed by atoms with Crippen molar-refractivity contribution in [1.82, 2.24) is 9.73 Å². The van der Waals surface area contributed by atoms with Crippen molar-refractivity contribution in [2.45, 2.75) is 30.6 Å². The van der Waals surface area contributed by atoms with Gasteiger partial charge < -0.3 is 0 Å². The van der Waals surface area contributed by atoms with Gasteiger partial charge in [0.2, 0.25) is 10.0 Å². The van der Waals surface area contributed by atoms with Crippen molar-refractivity contribution >= 4 is 22.1 Å². The standard InChI is InChI=1S/C20H23N3O3S/c1-16(17-8-3-2-4-9-17)15-21-22-20(24)18-10-7-11-19(14-18)27(25,26)23-12-5-6-13-23/h2-4,7-11,14-16H,5-6,12-13H2,1H3,(H,22,24)/b21-15-/t16-/m0/s1. The molecule has 0 bridgehead atoms. The lowest BCUT2D eigenvalue weighted by Gasteiger charge is -2.15. The van der Waals surface area contributed by atoms with Gasteiger partial charge >= 0.3 is 0 Å². The van der Waals surface area contributed by atoms with Crippen molar-refractivity contribution in [2.75, 3.05) is 13.1 Å². The third-order valence-electron chi connectivity index (χ3n) is 4.59. The fraction of sp³-hybridized carbons (Fsp3) is 0.300. The van der Waals surface area contributed by atoms with E-state index in [4.69, 9.17) is 0 Å². The summed E-state index contributed by atoms with van der Waals surface area (Å²) in [5.41, 5.74) is 3.83. The Morgan fingerprint density at radius 3 is 2.52 bits per heavy atom. The molecule has 1 aliphatic rings. The van der Waals surface area contributed by atoms with Crippen molar-refractivity contribution < 1.29 is 13.2 Å². The molecule has 142 valence electrons. The van der Waals surface area contributed by atoms with Gasteiger partial charge in [-0.2, -0.15) is 9.41 Å². The van der Waals surface area contributed by atoms with Gasteiger partial charge in [-0.15, -0.1) is 0 Å². The van der Waals surface area contributed by atoms with Crippen LogP contribution in [0.1, 0.15) is 41.6 Å². The van der Waals surface area contributed by atoms with Crippen molar-refractivity contribution in [1.29, 1.82) is 0 Å². The van der Waals surface area contributed by atoms with Crippen LogP contribution in [-0.4, -0.2) is 37.9 Å². The molecule has 1 aliphatic heterocycles. The summed E-state index contributed by atoms with van der Waals surface area (Å²) in [7, 11) is -3.55. The summed E-state index contributed by atoms with van der Waals surface area (Å²) in [6, 6.07) is 15.9. The van der Waals surface area contributed by atoms with Crippen LogP contribution in [0.15, 0.2) is 64.6 Å². The fourth-order valence-corrected chi connectivity index (χ4v) is 4.55. The molecular weight excluding hydrogens is 362 g/mol. The molecule has 1 amide bonds. The second-order valence-electron chi connectivity index (χ2n) is 6.56. The number of benzene rings is 2. The summed E-state index contributed by atoms with van der Waals surface area (Å²) in [4.78, 5) is 12.5. The van der Waals surface area contributed by atoms with Crippen molar-refractivity contribution in [3.63, 3.8) is 0 Å². The number of amides is 1. The number of carbonyl (C=O) groups excluding carboxylic acids is 1. The Kier molecular flexibility index (Phi) is 6.03. The summed E-state index contributed by atoms with van der Waals surface area (Å²) < 4.78 is 26.7. The van der Waals surface area contributed by atoms with Crippen LogP contribution in [0, 0.1) is 0 Å². The van der Waals surface area contributed by atoms with Crippen LogP contribution in [0.25, 0.3) is 0 Å². The third-order valence-corrected chi connectivity index (χ3v) is 6.48. The molecule has 1 atom stereocenters. The van der Waals surface area contributed by atoms with Gasteiger partial charge in [0.1, 0.15) is 0 Å². The topological polar surface area (TPSA) is 78.8 Å². The molecule has 1 fully saturated rings. The molecule has 0 radical (unpaired) electrons. The number of hydrogen-bond donors (Lipinski definition) is 1. The molecule has 0 saturated carbocycles. The summed E-state index contributed by atoms with van der Waals surface area (Å²) >= 11 is 0. The van der Waals surface area contributed by atoms with Crippen molar-refractivity contribution in [3.05, 3.63) is 65.7 Å². The van der Waals surface area contributed by atoms with Gasteiger partial charge in [-0.3, -0.25) is 4.79 Å². The lowest BCUT2D eigenvalue weighted by atomic mass is 10.0. The smallest absolute Gasteiger partial charge is 0.267 e. The Hall–Kier alpha value is -2.51. The number of hydrazone groups is 1. The highest BCUT2D eigenvalue weighted by atomic mass is 32.2. The van der Waals surface area contributed by atoms with Crippen LogP contribution in [0.2, 0.25) is 0 Å². The zero-order chi connectivity index (χ0) is 19.3. The summed E-state index contributed by atoms with van der Waals surface area (Å²) in [6.45, 7) is 3.04. The number of sulfonamides is 1. The number of hydrogen-bond acceptors (Lipinski definition) is 4. The molecule has 0 spiro atoms. The molecule has 2 aromatic carbocycles. The minimum Gasteiger partial charge on any atom is -0.267 e. The molecule has 1 N–H and O–H groups in total. The average Bonchev–Trinajstić information content (AvgIpc) is 3.24. The Balaban J connectivity index is 1.68. The molecule has 1 saturated heterocycles. The van der Waals surface area contributed by atoms with E-state index in [1.807, 2.05) is 37.3 Å². The first-order valence-electron chi connectivity index (χ1n) is 8.97. The molecule has 0 unspecified atom stereocenters. The van der Waals surface area contributed by atoms with Crippen LogP contribution >= 0.6 is 0 Å². The molecule has 6 nitrogen and oxygen atoms in total. The van der Waals surface area contributed by atoms with Crippen LogP contribution in [-0.2, 0) is 10.0 Å². The Morgan fingerprint density at radius 2 is 1.81 bits per heavy atom. The Morgan fingerprint density at radius 1 is 1.11 bits per heavy atom. The maximum absolute atomic E-state index is 12.6. The van der Waals surface area contributed by atoms with Crippen LogP contribution in [0.5, 0.6) is 0 Å². The highest BCUT2D eigenvalue weighted by molar-refractivity contribution is 7.89. The molecule has 0 aromatic heterocycles. The summed E-state index contributed by atoms with van der Waals surface area (Å²) in [5.74, 6) is -0.390.